The number of carbonyl (C=O) groups is 1. The predicted octanol–water partition coefficient (Wildman–Crippen LogP) is 2.97. The Balaban J connectivity index is 1.64. The number of halogens is 1. The first-order chi connectivity index (χ1) is 13.1. The van der Waals surface area contributed by atoms with Gasteiger partial charge in [-0.1, -0.05) is 23.7 Å². The molecule has 0 atom stereocenters. The minimum Gasteiger partial charge on any atom is -0.454 e. The van der Waals surface area contributed by atoms with Gasteiger partial charge < -0.3 is 19.4 Å². The molecule has 1 amide bonds. The summed E-state index contributed by atoms with van der Waals surface area (Å²) in [4.78, 5) is 33.9. The highest BCUT2D eigenvalue weighted by molar-refractivity contribution is 6.32. The number of para-hydroxylation sites is 1. The first-order valence-corrected chi connectivity index (χ1v) is 8.81. The molecule has 0 bridgehead atoms. The average Bonchev–Trinajstić information content (AvgIpc) is 3.15. The van der Waals surface area contributed by atoms with E-state index in [1.807, 2.05) is 13.0 Å². The van der Waals surface area contributed by atoms with Gasteiger partial charge in [0.15, 0.2) is 11.5 Å². The quantitative estimate of drug-likeness (QED) is 0.746. The fraction of sp³-hybridized carbons (Fsp3) is 0.211. The number of benzene rings is 2. The average molecular weight is 386 g/mol. The van der Waals surface area contributed by atoms with Crippen molar-refractivity contribution in [3.63, 3.8) is 0 Å². The van der Waals surface area contributed by atoms with E-state index in [0.717, 1.165) is 0 Å². The predicted molar refractivity (Wildman–Crippen MR) is 100 cm³/mol. The van der Waals surface area contributed by atoms with Crippen LogP contribution in [0.15, 0.2) is 41.2 Å². The second-order valence-corrected chi connectivity index (χ2v) is 6.45. The molecule has 3 aromatic rings. The summed E-state index contributed by atoms with van der Waals surface area (Å²) in [7, 11) is 0. The number of hydrogen-bond acceptors (Lipinski definition) is 5. The summed E-state index contributed by atoms with van der Waals surface area (Å²) in [6, 6.07) is 10.2. The third-order valence-electron chi connectivity index (χ3n) is 4.35. The van der Waals surface area contributed by atoms with Crippen LogP contribution in [0.1, 0.15) is 23.1 Å². The molecule has 1 N–H and O–H groups in total. The van der Waals surface area contributed by atoms with Gasteiger partial charge in [-0.2, -0.15) is 0 Å². The third kappa shape index (κ3) is 3.21. The minimum absolute atomic E-state index is 0.0758. The Labute approximate surface area is 159 Å². The van der Waals surface area contributed by atoms with Crippen LogP contribution in [-0.2, 0) is 6.54 Å². The molecule has 0 unspecified atom stereocenters. The molecule has 2 aromatic carbocycles. The number of H-pyrrole nitrogens is 1. The van der Waals surface area contributed by atoms with Gasteiger partial charge in [-0.05, 0) is 31.2 Å². The summed E-state index contributed by atoms with van der Waals surface area (Å²) in [5.74, 6) is 1.06. The molecule has 0 aliphatic carbocycles. The fourth-order valence-corrected chi connectivity index (χ4v) is 3.26. The van der Waals surface area contributed by atoms with E-state index in [-0.39, 0.29) is 24.8 Å². The summed E-state index contributed by atoms with van der Waals surface area (Å²) in [5.41, 5.74) is 0.741. The summed E-state index contributed by atoms with van der Waals surface area (Å²) >= 11 is 6.18. The molecular formula is C19H16ClN3O4. The topological polar surface area (TPSA) is 84.5 Å². The highest BCUT2D eigenvalue weighted by atomic mass is 35.5. The Kier molecular flexibility index (Phi) is 4.45. The van der Waals surface area contributed by atoms with Gasteiger partial charge >= 0.3 is 0 Å². The molecule has 138 valence electrons. The normalized spacial score (nSPS) is 12.4. The molecule has 1 aromatic heterocycles. The van der Waals surface area contributed by atoms with Crippen molar-refractivity contribution in [2.45, 2.75) is 13.5 Å². The number of nitrogens with zero attached hydrogens (tertiary/aromatic N) is 2. The highest BCUT2D eigenvalue weighted by Crippen LogP contribution is 2.40. The van der Waals surface area contributed by atoms with Crippen LogP contribution < -0.4 is 15.0 Å². The first-order valence-electron chi connectivity index (χ1n) is 8.43. The maximum atomic E-state index is 12.9. The lowest BCUT2D eigenvalue weighted by Gasteiger charge is -2.20. The number of amides is 1. The molecule has 0 saturated heterocycles. The van der Waals surface area contributed by atoms with Gasteiger partial charge in [-0.3, -0.25) is 9.59 Å². The summed E-state index contributed by atoms with van der Waals surface area (Å²) < 4.78 is 10.6. The van der Waals surface area contributed by atoms with Crippen molar-refractivity contribution in [2.24, 2.45) is 0 Å². The number of ether oxygens (including phenoxy) is 2. The molecule has 0 saturated carbocycles. The van der Waals surface area contributed by atoms with Crippen molar-refractivity contribution in [1.29, 1.82) is 0 Å². The van der Waals surface area contributed by atoms with Crippen molar-refractivity contribution >= 4 is 28.4 Å². The van der Waals surface area contributed by atoms with Crippen LogP contribution in [-0.4, -0.2) is 34.1 Å². The van der Waals surface area contributed by atoms with Crippen LogP contribution in [0, 0.1) is 0 Å². The molecule has 2 heterocycles. The molecule has 27 heavy (non-hydrogen) atoms. The monoisotopic (exact) mass is 385 g/mol. The van der Waals surface area contributed by atoms with Gasteiger partial charge in [-0.15, -0.1) is 0 Å². The molecule has 7 nitrogen and oxygen atoms in total. The van der Waals surface area contributed by atoms with Gasteiger partial charge in [0, 0.05) is 12.1 Å². The number of aromatic amines is 1. The van der Waals surface area contributed by atoms with Gasteiger partial charge in [0.1, 0.15) is 5.82 Å². The molecule has 0 fully saturated rings. The first kappa shape index (κ1) is 17.4. The molecule has 8 heteroatoms. The minimum atomic E-state index is -0.242. The number of hydrogen-bond donors (Lipinski definition) is 1. The van der Waals surface area contributed by atoms with E-state index in [2.05, 4.69) is 9.97 Å². The third-order valence-corrected chi connectivity index (χ3v) is 4.63. The second-order valence-electron chi connectivity index (χ2n) is 6.04. The number of carbonyl (C=O) groups excluding carboxylic acids is 1. The highest BCUT2D eigenvalue weighted by Gasteiger charge is 2.23. The second kappa shape index (κ2) is 6.92. The van der Waals surface area contributed by atoms with Crippen molar-refractivity contribution in [3.8, 4) is 11.5 Å². The summed E-state index contributed by atoms with van der Waals surface area (Å²) in [6.07, 6.45) is 0. The Morgan fingerprint density at radius 2 is 2.11 bits per heavy atom. The zero-order chi connectivity index (χ0) is 19.0. The van der Waals surface area contributed by atoms with Crippen LogP contribution in [0.2, 0.25) is 5.02 Å². The van der Waals surface area contributed by atoms with Gasteiger partial charge in [0.25, 0.3) is 11.5 Å². The maximum Gasteiger partial charge on any atom is 0.258 e. The number of fused-ring (bicyclic) bond motifs is 2. The Morgan fingerprint density at radius 1 is 1.30 bits per heavy atom. The molecule has 0 spiro atoms. The van der Waals surface area contributed by atoms with E-state index in [4.69, 9.17) is 21.1 Å². The van der Waals surface area contributed by atoms with E-state index < -0.39 is 0 Å². The Bertz CT molecular complexity index is 1100. The van der Waals surface area contributed by atoms with E-state index in [0.29, 0.717) is 45.4 Å². The van der Waals surface area contributed by atoms with Crippen LogP contribution in [0.3, 0.4) is 0 Å². The van der Waals surface area contributed by atoms with E-state index in [1.54, 1.807) is 35.2 Å². The van der Waals surface area contributed by atoms with Crippen LogP contribution in [0.25, 0.3) is 10.9 Å². The van der Waals surface area contributed by atoms with E-state index >= 15 is 0 Å². The maximum absolute atomic E-state index is 12.9. The van der Waals surface area contributed by atoms with Crippen LogP contribution >= 0.6 is 11.6 Å². The lowest BCUT2D eigenvalue weighted by Crippen LogP contribution is -2.32. The summed E-state index contributed by atoms with van der Waals surface area (Å²) in [5, 5.41) is 0.833. The lowest BCUT2D eigenvalue weighted by atomic mass is 10.1. The number of nitrogens with one attached hydrogen (secondary N) is 1. The largest absolute Gasteiger partial charge is 0.454 e. The molecule has 4 rings (SSSR count). The van der Waals surface area contributed by atoms with Crippen molar-refractivity contribution in [2.75, 3.05) is 13.3 Å². The number of aromatic nitrogens is 2. The SMILES string of the molecule is CCN(Cc1nc2ccccc2c(=O)[nH]1)C(=O)c1cc(Cl)c2c(c1)OCO2. The van der Waals surface area contributed by atoms with Gasteiger partial charge in [0.2, 0.25) is 6.79 Å². The van der Waals surface area contributed by atoms with E-state index in [9.17, 15) is 9.59 Å². The molecule has 1 aliphatic heterocycles. The van der Waals surface area contributed by atoms with Crippen molar-refractivity contribution < 1.29 is 14.3 Å². The van der Waals surface area contributed by atoms with E-state index in [1.165, 1.54) is 0 Å². The smallest absolute Gasteiger partial charge is 0.258 e. The van der Waals surface area contributed by atoms with Gasteiger partial charge in [-0.25, -0.2) is 4.98 Å². The fourth-order valence-electron chi connectivity index (χ4n) is 2.99. The number of rotatable bonds is 4. The molecule has 0 radical (unpaired) electrons. The van der Waals surface area contributed by atoms with Crippen LogP contribution in [0.5, 0.6) is 11.5 Å². The molecule has 1 aliphatic rings. The zero-order valence-electron chi connectivity index (χ0n) is 14.5. The van der Waals surface area contributed by atoms with Crippen LogP contribution in [0.4, 0.5) is 0 Å². The molecular weight excluding hydrogens is 370 g/mol. The lowest BCUT2D eigenvalue weighted by molar-refractivity contribution is 0.0748. The zero-order valence-corrected chi connectivity index (χ0v) is 15.2. The Morgan fingerprint density at radius 3 is 2.93 bits per heavy atom. The summed E-state index contributed by atoms with van der Waals surface area (Å²) in [6.45, 7) is 2.53. The van der Waals surface area contributed by atoms with Gasteiger partial charge in [0.05, 0.1) is 22.5 Å². The standard InChI is InChI=1S/C19H16ClN3O4/c1-2-23(9-16-21-14-6-4-3-5-12(14)18(24)22-16)19(25)11-7-13(20)17-15(8-11)26-10-27-17/h3-8H,2,9-10H2,1H3,(H,21,22,24). The Hall–Kier alpha value is -3.06. The van der Waals surface area contributed by atoms with Crippen molar-refractivity contribution in [3.05, 3.63) is 63.2 Å². The van der Waals surface area contributed by atoms with Crippen molar-refractivity contribution in [1.82, 2.24) is 14.9 Å².